The van der Waals surface area contributed by atoms with Gasteiger partial charge in [-0.15, -0.1) is 0 Å². The van der Waals surface area contributed by atoms with Crippen molar-refractivity contribution in [3.63, 3.8) is 0 Å². The van der Waals surface area contributed by atoms with Crippen LogP contribution in [0, 0.1) is 5.92 Å². The van der Waals surface area contributed by atoms with Crippen molar-refractivity contribution < 1.29 is 4.79 Å². The lowest BCUT2D eigenvalue weighted by molar-refractivity contribution is 0.101. The molecule has 0 bridgehead atoms. The predicted octanol–water partition coefficient (Wildman–Crippen LogP) is 4.28. The Bertz CT molecular complexity index is 458. The van der Waals surface area contributed by atoms with E-state index in [1.807, 2.05) is 12.1 Å². The van der Waals surface area contributed by atoms with Crippen molar-refractivity contribution in [3.8, 4) is 0 Å². The standard InChI is InChI=1S/C15H20BrNO/c1-10-4-5-11(2)17(9-10)15-7-6-13(12(3)18)8-14(15)16/h6-8,10-11H,4-5,9H2,1-3H3. The molecule has 18 heavy (non-hydrogen) atoms. The van der Waals surface area contributed by atoms with Crippen molar-refractivity contribution in [2.45, 2.75) is 39.7 Å². The molecule has 1 saturated heterocycles. The number of hydrogen-bond acceptors (Lipinski definition) is 2. The normalized spacial score (nSPS) is 24.1. The van der Waals surface area contributed by atoms with Crippen LogP contribution in [0.15, 0.2) is 22.7 Å². The summed E-state index contributed by atoms with van der Waals surface area (Å²) in [6, 6.07) is 6.49. The first kappa shape index (κ1) is 13.6. The first-order valence-electron chi connectivity index (χ1n) is 6.56. The molecule has 0 N–H and O–H groups in total. The van der Waals surface area contributed by atoms with Crippen LogP contribution < -0.4 is 4.90 Å². The molecule has 3 heteroatoms. The van der Waals surface area contributed by atoms with Crippen molar-refractivity contribution in [2.24, 2.45) is 5.92 Å². The minimum atomic E-state index is 0.113. The number of nitrogens with zero attached hydrogens (tertiary/aromatic N) is 1. The first-order valence-corrected chi connectivity index (χ1v) is 7.35. The second-order valence-electron chi connectivity index (χ2n) is 5.41. The van der Waals surface area contributed by atoms with E-state index >= 15 is 0 Å². The molecule has 1 aliphatic rings. The maximum absolute atomic E-state index is 11.4. The maximum atomic E-state index is 11.4. The summed E-state index contributed by atoms with van der Waals surface area (Å²) in [5.74, 6) is 0.850. The molecule has 0 aliphatic carbocycles. The predicted molar refractivity (Wildman–Crippen MR) is 79.4 cm³/mol. The summed E-state index contributed by atoms with van der Waals surface area (Å²) in [4.78, 5) is 13.8. The largest absolute Gasteiger partial charge is 0.368 e. The Morgan fingerprint density at radius 2 is 2.06 bits per heavy atom. The van der Waals surface area contributed by atoms with E-state index in [9.17, 15) is 4.79 Å². The highest BCUT2D eigenvalue weighted by Gasteiger charge is 2.24. The molecule has 0 amide bonds. The van der Waals surface area contributed by atoms with E-state index < -0.39 is 0 Å². The Morgan fingerprint density at radius 3 is 2.67 bits per heavy atom. The lowest BCUT2D eigenvalue weighted by Gasteiger charge is -2.39. The second-order valence-corrected chi connectivity index (χ2v) is 6.26. The third-order valence-electron chi connectivity index (χ3n) is 3.78. The fourth-order valence-electron chi connectivity index (χ4n) is 2.58. The highest BCUT2D eigenvalue weighted by Crippen LogP contribution is 2.33. The van der Waals surface area contributed by atoms with Crippen molar-refractivity contribution in [1.82, 2.24) is 0 Å². The number of piperidine rings is 1. The van der Waals surface area contributed by atoms with Gasteiger partial charge in [0.05, 0.1) is 5.69 Å². The monoisotopic (exact) mass is 309 g/mol. The summed E-state index contributed by atoms with van der Waals surface area (Å²) < 4.78 is 1.02. The van der Waals surface area contributed by atoms with Crippen molar-refractivity contribution in [1.29, 1.82) is 0 Å². The van der Waals surface area contributed by atoms with E-state index in [4.69, 9.17) is 0 Å². The number of halogens is 1. The van der Waals surface area contributed by atoms with E-state index in [0.717, 1.165) is 22.5 Å². The Morgan fingerprint density at radius 1 is 1.33 bits per heavy atom. The van der Waals surface area contributed by atoms with Crippen molar-refractivity contribution >= 4 is 27.4 Å². The minimum Gasteiger partial charge on any atom is -0.368 e. The summed E-state index contributed by atoms with van der Waals surface area (Å²) in [7, 11) is 0. The SMILES string of the molecule is CC(=O)c1ccc(N2CC(C)CCC2C)c(Br)c1. The molecule has 1 aliphatic heterocycles. The molecule has 0 saturated carbocycles. The third kappa shape index (κ3) is 2.77. The average molecular weight is 310 g/mol. The van der Waals surface area contributed by atoms with Gasteiger partial charge in [0.25, 0.3) is 0 Å². The van der Waals surface area contributed by atoms with Crippen LogP contribution in [0.3, 0.4) is 0 Å². The Kier molecular flexibility index (Phi) is 4.10. The van der Waals surface area contributed by atoms with Gasteiger partial charge in [0.2, 0.25) is 0 Å². The zero-order valence-electron chi connectivity index (χ0n) is 11.2. The van der Waals surface area contributed by atoms with Crippen LogP contribution in [0.4, 0.5) is 5.69 Å². The first-order chi connectivity index (χ1) is 8.49. The number of ketones is 1. The fourth-order valence-corrected chi connectivity index (χ4v) is 3.19. The smallest absolute Gasteiger partial charge is 0.159 e. The van der Waals surface area contributed by atoms with Crippen LogP contribution in [0.25, 0.3) is 0 Å². The molecule has 0 spiro atoms. The molecule has 2 rings (SSSR count). The molecule has 98 valence electrons. The van der Waals surface area contributed by atoms with Crippen LogP contribution in [0.2, 0.25) is 0 Å². The van der Waals surface area contributed by atoms with Gasteiger partial charge in [0.1, 0.15) is 0 Å². The van der Waals surface area contributed by atoms with Gasteiger partial charge in [-0.25, -0.2) is 0 Å². The number of hydrogen-bond donors (Lipinski definition) is 0. The van der Waals surface area contributed by atoms with E-state index in [1.54, 1.807) is 6.92 Å². The van der Waals surface area contributed by atoms with Gasteiger partial charge < -0.3 is 4.90 Å². The van der Waals surface area contributed by atoms with Crippen LogP contribution in [0.1, 0.15) is 44.0 Å². The van der Waals surface area contributed by atoms with Gasteiger partial charge >= 0.3 is 0 Å². The molecule has 0 aromatic heterocycles. The molecule has 0 radical (unpaired) electrons. The van der Waals surface area contributed by atoms with E-state index in [0.29, 0.717) is 6.04 Å². The fraction of sp³-hybridized carbons (Fsp3) is 0.533. The lowest BCUT2D eigenvalue weighted by Crippen LogP contribution is -2.41. The number of rotatable bonds is 2. The minimum absolute atomic E-state index is 0.113. The molecule has 2 atom stereocenters. The van der Waals surface area contributed by atoms with Crippen molar-refractivity contribution in [3.05, 3.63) is 28.2 Å². The van der Waals surface area contributed by atoms with Crippen molar-refractivity contribution in [2.75, 3.05) is 11.4 Å². The number of carbonyl (C=O) groups excluding carboxylic acids is 1. The summed E-state index contributed by atoms with van der Waals surface area (Å²) in [5, 5.41) is 0. The van der Waals surface area contributed by atoms with Gasteiger partial charge in [-0.3, -0.25) is 4.79 Å². The molecule has 2 unspecified atom stereocenters. The second kappa shape index (κ2) is 5.43. The Balaban J connectivity index is 2.30. The highest BCUT2D eigenvalue weighted by molar-refractivity contribution is 9.10. The van der Waals surface area contributed by atoms with Crippen LogP contribution in [-0.2, 0) is 0 Å². The van der Waals surface area contributed by atoms with Gasteiger partial charge in [0, 0.05) is 22.6 Å². The zero-order valence-corrected chi connectivity index (χ0v) is 12.8. The quantitative estimate of drug-likeness (QED) is 0.760. The van der Waals surface area contributed by atoms with Gasteiger partial charge in [-0.05, 0) is 66.7 Å². The van der Waals surface area contributed by atoms with E-state index in [1.165, 1.54) is 18.5 Å². The summed E-state index contributed by atoms with van der Waals surface area (Å²) in [6.07, 6.45) is 2.54. The van der Waals surface area contributed by atoms with E-state index in [2.05, 4.69) is 40.7 Å². The summed E-state index contributed by atoms with van der Waals surface area (Å²) in [6.45, 7) is 7.28. The van der Waals surface area contributed by atoms with Gasteiger partial charge in [0.15, 0.2) is 5.78 Å². The third-order valence-corrected chi connectivity index (χ3v) is 4.42. The number of anilines is 1. The highest BCUT2D eigenvalue weighted by atomic mass is 79.9. The zero-order chi connectivity index (χ0) is 13.3. The molecule has 1 aromatic rings. The number of Topliss-reactive ketones (excluding diaryl/α,β-unsaturated/α-hetero) is 1. The molecule has 1 heterocycles. The van der Waals surface area contributed by atoms with Crippen LogP contribution >= 0.6 is 15.9 Å². The van der Waals surface area contributed by atoms with Crippen LogP contribution in [-0.4, -0.2) is 18.4 Å². The number of carbonyl (C=O) groups is 1. The maximum Gasteiger partial charge on any atom is 0.159 e. The number of benzene rings is 1. The van der Waals surface area contributed by atoms with Gasteiger partial charge in [-0.1, -0.05) is 6.92 Å². The Hall–Kier alpha value is -0.830. The topological polar surface area (TPSA) is 20.3 Å². The molecule has 1 fully saturated rings. The van der Waals surface area contributed by atoms with Crippen LogP contribution in [0.5, 0.6) is 0 Å². The molecule has 2 nitrogen and oxygen atoms in total. The van der Waals surface area contributed by atoms with Gasteiger partial charge in [-0.2, -0.15) is 0 Å². The lowest BCUT2D eigenvalue weighted by atomic mass is 9.94. The average Bonchev–Trinajstić information content (AvgIpc) is 2.32. The molecular weight excluding hydrogens is 290 g/mol. The summed E-state index contributed by atoms with van der Waals surface area (Å²) in [5.41, 5.74) is 1.97. The van der Waals surface area contributed by atoms with E-state index in [-0.39, 0.29) is 5.78 Å². The molecule has 1 aromatic carbocycles. The Labute approximate surface area is 117 Å². The summed E-state index contributed by atoms with van der Waals surface area (Å²) >= 11 is 3.60. The molecular formula is C15H20BrNO.